The molecule has 78 valence electrons. The summed E-state index contributed by atoms with van der Waals surface area (Å²) in [7, 11) is 1.36. The van der Waals surface area contributed by atoms with E-state index in [0.29, 0.717) is 0 Å². The number of rotatable bonds is 1. The fourth-order valence-electron chi connectivity index (χ4n) is 1.23. The van der Waals surface area contributed by atoms with Crippen LogP contribution < -0.4 is 0 Å². The molecule has 1 saturated heterocycles. The van der Waals surface area contributed by atoms with E-state index >= 15 is 0 Å². The predicted octanol–water partition coefficient (Wildman–Crippen LogP) is 2.16. The van der Waals surface area contributed by atoms with Gasteiger partial charge in [-0.2, -0.15) is 18.3 Å². The minimum atomic E-state index is -4.48. The summed E-state index contributed by atoms with van der Waals surface area (Å²) in [6, 6.07) is 0. The fraction of sp³-hybridized carbons (Fsp3) is 0.571. The van der Waals surface area contributed by atoms with Gasteiger partial charge in [0.25, 0.3) is 0 Å². The molecule has 0 radical (unpaired) electrons. The van der Waals surface area contributed by atoms with Gasteiger partial charge in [-0.1, -0.05) is 11.6 Å². The largest absolute Gasteiger partial charge is 0.435 e. The Bertz CT molecular complexity index is 370. The first kappa shape index (κ1) is 9.79. The monoisotopic (exact) mass is 226 g/mol. The van der Waals surface area contributed by atoms with E-state index in [1.165, 1.54) is 7.05 Å². The first-order chi connectivity index (χ1) is 6.41. The number of epoxide rings is 1. The SMILES string of the molecule is Cn1nc(C(F)(F)F)c([C@H]2CO2)c1Cl. The third-order valence-corrected chi connectivity index (χ3v) is 2.38. The average molecular weight is 227 g/mol. The molecule has 3 nitrogen and oxygen atoms in total. The van der Waals surface area contributed by atoms with Crippen LogP contribution in [0.2, 0.25) is 5.15 Å². The molecule has 7 heteroatoms. The standard InChI is InChI=1S/C7H6ClF3N2O/c1-13-6(8)4(3-2-14-3)5(12-13)7(9,10)11/h3H,2H2,1H3/t3-/m1/s1. The average Bonchev–Trinajstić information content (AvgIpc) is 2.81. The van der Waals surface area contributed by atoms with Crippen LogP contribution in [-0.4, -0.2) is 16.4 Å². The second kappa shape index (κ2) is 2.87. The third-order valence-electron chi connectivity index (χ3n) is 1.94. The van der Waals surface area contributed by atoms with Crippen LogP contribution in [0.4, 0.5) is 13.2 Å². The number of aromatic nitrogens is 2. The van der Waals surface area contributed by atoms with E-state index in [4.69, 9.17) is 16.3 Å². The van der Waals surface area contributed by atoms with Crippen LogP contribution in [0.25, 0.3) is 0 Å². The Hall–Kier alpha value is -0.750. The van der Waals surface area contributed by atoms with Crippen molar-refractivity contribution in [1.29, 1.82) is 0 Å². The summed E-state index contributed by atoms with van der Waals surface area (Å²) >= 11 is 5.68. The molecule has 0 N–H and O–H groups in total. The highest BCUT2D eigenvalue weighted by Gasteiger charge is 2.44. The van der Waals surface area contributed by atoms with Crippen molar-refractivity contribution in [1.82, 2.24) is 9.78 Å². The first-order valence-corrected chi connectivity index (χ1v) is 4.20. The summed E-state index contributed by atoms with van der Waals surface area (Å²) in [5.74, 6) is 0. The maximum absolute atomic E-state index is 12.4. The molecule has 0 amide bonds. The van der Waals surface area contributed by atoms with Gasteiger partial charge in [0.2, 0.25) is 0 Å². The van der Waals surface area contributed by atoms with Gasteiger partial charge in [0.05, 0.1) is 12.2 Å². The Morgan fingerprint density at radius 2 is 2.14 bits per heavy atom. The van der Waals surface area contributed by atoms with Crippen LogP contribution in [0, 0.1) is 0 Å². The van der Waals surface area contributed by atoms with E-state index in [2.05, 4.69) is 5.10 Å². The van der Waals surface area contributed by atoms with Crippen molar-refractivity contribution in [3.8, 4) is 0 Å². The highest BCUT2D eigenvalue weighted by atomic mass is 35.5. The summed E-state index contributed by atoms with van der Waals surface area (Å²) in [5, 5.41) is 3.31. The molecule has 0 aliphatic carbocycles. The van der Waals surface area contributed by atoms with E-state index in [-0.39, 0.29) is 17.3 Å². The lowest BCUT2D eigenvalue weighted by Gasteiger charge is -2.03. The lowest BCUT2D eigenvalue weighted by molar-refractivity contribution is -0.142. The van der Waals surface area contributed by atoms with Gasteiger partial charge in [-0.15, -0.1) is 0 Å². The van der Waals surface area contributed by atoms with Crippen LogP contribution in [0.15, 0.2) is 0 Å². The van der Waals surface area contributed by atoms with Crippen molar-refractivity contribution >= 4 is 11.6 Å². The molecular weight excluding hydrogens is 221 g/mol. The van der Waals surface area contributed by atoms with Crippen molar-refractivity contribution < 1.29 is 17.9 Å². The van der Waals surface area contributed by atoms with E-state index in [1.807, 2.05) is 0 Å². The molecule has 2 rings (SSSR count). The number of ether oxygens (including phenoxy) is 1. The van der Waals surface area contributed by atoms with E-state index < -0.39 is 18.0 Å². The van der Waals surface area contributed by atoms with Gasteiger partial charge in [0, 0.05) is 7.05 Å². The summed E-state index contributed by atoms with van der Waals surface area (Å²) in [6.45, 7) is 0.272. The number of alkyl halides is 3. The van der Waals surface area contributed by atoms with Crippen LogP contribution in [-0.2, 0) is 18.0 Å². The predicted molar refractivity (Wildman–Crippen MR) is 41.9 cm³/mol. The topological polar surface area (TPSA) is 30.4 Å². The Morgan fingerprint density at radius 1 is 1.57 bits per heavy atom. The van der Waals surface area contributed by atoms with Crippen molar-refractivity contribution in [3.63, 3.8) is 0 Å². The summed E-state index contributed by atoms with van der Waals surface area (Å²) in [6.07, 6.45) is -5.03. The van der Waals surface area contributed by atoms with Gasteiger partial charge in [-0.05, 0) is 0 Å². The smallest absolute Gasteiger partial charge is 0.368 e. The Kier molecular flexibility index (Phi) is 2.01. The fourth-order valence-corrected chi connectivity index (χ4v) is 1.48. The molecule has 1 atom stereocenters. The number of hydrogen-bond acceptors (Lipinski definition) is 2. The normalized spacial score (nSPS) is 21.4. The van der Waals surface area contributed by atoms with Gasteiger partial charge in [0.15, 0.2) is 5.69 Å². The number of hydrogen-bond donors (Lipinski definition) is 0. The third kappa shape index (κ3) is 1.48. The lowest BCUT2D eigenvalue weighted by atomic mass is 10.2. The van der Waals surface area contributed by atoms with Gasteiger partial charge in [0.1, 0.15) is 11.3 Å². The minimum absolute atomic E-state index is 0.0141. The summed E-state index contributed by atoms with van der Waals surface area (Å²) in [4.78, 5) is 0. The molecule has 0 unspecified atom stereocenters. The minimum Gasteiger partial charge on any atom is -0.368 e. The molecule has 0 saturated carbocycles. The lowest BCUT2D eigenvalue weighted by Crippen LogP contribution is -2.09. The van der Waals surface area contributed by atoms with Crippen LogP contribution in [0.5, 0.6) is 0 Å². The molecule has 0 aromatic carbocycles. The van der Waals surface area contributed by atoms with Crippen LogP contribution in [0.3, 0.4) is 0 Å². The van der Waals surface area contributed by atoms with Gasteiger partial charge < -0.3 is 4.74 Å². The summed E-state index contributed by atoms with van der Waals surface area (Å²) < 4.78 is 43.1. The maximum Gasteiger partial charge on any atom is 0.435 e. The Morgan fingerprint density at radius 3 is 2.57 bits per heavy atom. The quantitative estimate of drug-likeness (QED) is 0.687. The second-order valence-electron chi connectivity index (χ2n) is 3.00. The molecule has 1 aromatic rings. The first-order valence-electron chi connectivity index (χ1n) is 3.82. The molecule has 0 spiro atoms. The van der Waals surface area contributed by atoms with Crippen molar-refractivity contribution in [3.05, 3.63) is 16.4 Å². The van der Waals surface area contributed by atoms with E-state index in [1.54, 1.807) is 0 Å². The zero-order valence-electron chi connectivity index (χ0n) is 7.10. The summed E-state index contributed by atoms with van der Waals surface area (Å²) in [5.41, 5.74) is -1.01. The highest BCUT2D eigenvalue weighted by Crippen LogP contribution is 2.42. The number of halogens is 4. The van der Waals surface area contributed by atoms with Gasteiger partial charge in [-0.3, -0.25) is 4.68 Å². The molecule has 1 aliphatic heterocycles. The number of aryl methyl sites for hydroxylation is 1. The zero-order valence-corrected chi connectivity index (χ0v) is 7.85. The zero-order chi connectivity index (χ0) is 10.5. The van der Waals surface area contributed by atoms with Crippen molar-refractivity contribution in [2.75, 3.05) is 6.61 Å². The Labute approximate surface area is 82.4 Å². The maximum atomic E-state index is 12.4. The molecule has 2 heterocycles. The molecule has 0 bridgehead atoms. The molecule has 1 fully saturated rings. The molecule has 14 heavy (non-hydrogen) atoms. The van der Waals surface area contributed by atoms with Crippen LogP contribution in [0.1, 0.15) is 17.4 Å². The van der Waals surface area contributed by atoms with Crippen molar-refractivity contribution in [2.45, 2.75) is 12.3 Å². The Balaban J connectivity index is 2.53. The van der Waals surface area contributed by atoms with E-state index in [9.17, 15) is 13.2 Å². The van der Waals surface area contributed by atoms with Gasteiger partial charge >= 0.3 is 6.18 Å². The molecular formula is C7H6ClF3N2O. The highest BCUT2D eigenvalue weighted by molar-refractivity contribution is 6.30. The van der Waals surface area contributed by atoms with E-state index in [0.717, 1.165) is 4.68 Å². The van der Waals surface area contributed by atoms with Crippen LogP contribution >= 0.6 is 11.6 Å². The molecule has 1 aromatic heterocycles. The van der Waals surface area contributed by atoms with Crippen molar-refractivity contribution in [2.24, 2.45) is 7.05 Å². The van der Waals surface area contributed by atoms with Gasteiger partial charge in [-0.25, -0.2) is 0 Å². The second-order valence-corrected chi connectivity index (χ2v) is 3.35. The molecule has 1 aliphatic rings. The number of nitrogens with zero attached hydrogens (tertiary/aromatic N) is 2.